The molecule has 2 amide bonds. The molecule has 0 saturated heterocycles. The van der Waals surface area contributed by atoms with Gasteiger partial charge in [0.05, 0.1) is 12.5 Å². The maximum absolute atomic E-state index is 12.9. The van der Waals surface area contributed by atoms with Crippen molar-refractivity contribution in [3.8, 4) is 0 Å². The fourth-order valence-electron chi connectivity index (χ4n) is 5.16. The van der Waals surface area contributed by atoms with Crippen LogP contribution in [0.15, 0.2) is 5.38 Å². The van der Waals surface area contributed by atoms with E-state index in [0.29, 0.717) is 30.7 Å². The monoisotopic (exact) mass is 523 g/mol. The van der Waals surface area contributed by atoms with Crippen molar-refractivity contribution >= 4 is 35.3 Å². The molecule has 1 aromatic rings. The molecular weight excluding hydrogens is 486 g/mol. The Morgan fingerprint density at radius 2 is 1.81 bits per heavy atom. The van der Waals surface area contributed by atoms with E-state index in [1.54, 1.807) is 33.2 Å². The molecule has 3 aliphatic rings. The molecule has 200 valence electrons. The minimum atomic E-state index is -0.733. The molecule has 11 heteroatoms. The van der Waals surface area contributed by atoms with E-state index in [1.165, 1.54) is 30.3 Å². The summed E-state index contributed by atoms with van der Waals surface area (Å²) in [6, 6.07) is -0.305. The highest BCUT2D eigenvalue weighted by Crippen LogP contribution is 2.67. The number of aromatic nitrogens is 1. The number of hydrogen-bond acceptors (Lipinski definition) is 9. The second-order valence-corrected chi connectivity index (χ2v) is 12.2. The molecule has 3 aliphatic carbocycles. The van der Waals surface area contributed by atoms with E-state index in [9.17, 15) is 19.2 Å². The first-order chi connectivity index (χ1) is 16.6. The highest BCUT2D eigenvalue weighted by Gasteiger charge is 2.73. The van der Waals surface area contributed by atoms with Gasteiger partial charge in [-0.2, -0.15) is 0 Å². The zero-order chi connectivity index (χ0) is 27.1. The number of hydrogen-bond donors (Lipinski definition) is 1. The maximum Gasteiger partial charge on any atom is 0.410 e. The summed E-state index contributed by atoms with van der Waals surface area (Å²) in [6.07, 6.45) is 0.803. The summed E-state index contributed by atoms with van der Waals surface area (Å²) in [6.45, 7) is 10.7. The molecule has 0 unspecified atom stereocenters. The normalized spacial score (nSPS) is 24.0. The van der Waals surface area contributed by atoms with Crippen LogP contribution in [0.1, 0.15) is 88.8 Å². The van der Waals surface area contributed by atoms with Crippen molar-refractivity contribution in [2.75, 3.05) is 14.2 Å². The Balaban J connectivity index is 1.70. The Kier molecular flexibility index (Phi) is 7.74. The molecule has 0 spiro atoms. The zero-order valence-electron chi connectivity index (χ0n) is 22.3. The molecule has 2 bridgehead atoms. The standard InChI is InChI=1S/C25H37N3O7S/c1-14(2)17(28(7)22(32)35-23(4,5)6)9-18(34-15(3)29)20-26-16(10-36-20)19(30)27-25-11-24(12-25,13-25)21(31)33-8/h10,14,17-18H,9,11-13H2,1-8H3,(H,27,30)/t17-,18-,24?,25?/m1/s1. The molecule has 1 N–H and O–H groups in total. The second kappa shape index (κ2) is 9.99. The fourth-order valence-corrected chi connectivity index (χ4v) is 6.00. The number of carbonyl (C=O) groups is 4. The quantitative estimate of drug-likeness (QED) is 0.382. The molecule has 36 heavy (non-hydrogen) atoms. The molecule has 3 saturated carbocycles. The third kappa shape index (κ3) is 5.82. The van der Waals surface area contributed by atoms with Crippen LogP contribution in [0.2, 0.25) is 0 Å². The van der Waals surface area contributed by atoms with Crippen LogP contribution in [0.5, 0.6) is 0 Å². The van der Waals surface area contributed by atoms with Gasteiger partial charge in [0.25, 0.3) is 5.91 Å². The molecule has 10 nitrogen and oxygen atoms in total. The molecule has 0 aromatic carbocycles. The lowest BCUT2D eigenvalue weighted by Gasteiger charge is -2.68. The van der Waals surface area contributed by atoms with Crippen molar-refractivity contribution in [3.05, 3.63) is 16.1 Å². The van der Waals surface area contributed by atoms with Crippen LogP contribution in [-0.4, -0.2) is 65.2 Å². The average molecular weight is 524 g/mol. The lowest BCUT2D eigenvalue weighted by Crippen LogP contribution is -2.77. The molecular formula is C25H37N3O7S. The fraction of sp³-hybridized carbons (Fsp3) is 0.720. The second-order valence-electron chi connectivity index (χ2n) is 11.3. The Bertz CT molecular complexity index is 1010. The Labute approximate surface area is 216 Å². The topological polar surface area (TPSA) is 124 Å². The van der Waals surface area contributed by atoms with Crippen molar-refractivity contribution < 1.29 is 33.4 Å². The summed E-state index contributed by atoms with van der Waals surface area (Å²) in [7, 11) is 3.04. The van der Waals surface area contributed by atoms with E-state index in [4.69, 9.17) is 14.2 Å². The van der Waals surface area contributed by atoms with Crippen LogP contribution in [0.3, 0.4) is 0 Å². The molecule has 1 aromatic heterocycles. The Morgan fingerprint density at radius 3 is 2.31 bits per heavy atom. The van der Waals surface area contributed by atoms with E-state index in [2.05, 4.69) is 10.3 Å². The predicted octanol–water partition coefficient (Wildman–Crippen LogP) is 3.85. The van der Waals surface area contributed by atoms with Gasteiger partial charge in [0, 0.05) is 37.4 Å². The first-order valence-electron chi connectivity index (χ1n) is 12.1. The lowest BCUT2D eigenvalue weighted by molar-refractivity contribution is -0.199. The maximum atomic E-state index is 12.9. The zero-order valence-corrected chi connectivity index (χ0v) is 23.1. The first kappa shape index (κ1) is 27.9. The summed E-state index contributed by atoms with van der Waals surface area (Å²) >= 11 is 1.23. The van der Waals surface area contributed by atoms with Gasteiger partial charge in [0.2, 0.25) is 0 Å². The van der Waals surface area contributed by atoms with Gasteiger partial charge in [-0.3, -0.25) is 14.4 Å². The van der Waals surface area contributed by atoms with Gasteiger partial charge in [-0.1, -0.05) is 13.8 Å². The third-order valence-corrected chi connectivity index (χ3v) is 7.71. The number of ether oxygens (including phenoxy) is 3. The van der Waals surface area contributed by atoms with E-state index in [-0.39, 0.29) is 35.1 Å². The molecule has 2 atom stereocenters. The Hall–Kier alpha value is -2.69. The van der Waals surface area contributed by atoms with Gasteiger partial charge < -0.3 is 24.4 Å². The highest BCUT2D eigenvalue weighted by molar-refractivity contribution is 7.09. The number of amides is 2. The van der Waals surface area contributed by atoms with Crippen LogP contribution < -0.4 is 5.32 Å². The number of carbonyl (C=O) groups excluding carboxylic acids is 4. The van der Waals surface area contributed by atoms with Crippen LogP contribution in [-0.2, 0) is 23.8 Å². The van der Waals surface area contributed by atoms with Gasteiger partial charge >= 0.3 is 18.0 Å². The van der Waals surface area contributed by atoms with E-state index < -0.39 is 29.2 Å². The number of thiazole rings is 1. The van der Waals surface area contributed by atoms with Crippen LogP contribution in [0.4, 0.5) is 4.79 Å². The van der Waals surface area contributed by atoms with Gasteiger partial charge in [-0.15, -0.1) is 11.3 Å². The van der Waals surface area contributed by atoms with Crippen molar-refractivity contribution in [3.63, 3.8) is 0 Å². The van der Waals surface area contributed by atoms with Crippen molar-refractivity contribution in [2.45, 2.75) is 90.5 Å². The summed E-state index contributed by atoms with van der Waals surface area (Å²) in [5.74, 6) is -1.00. The number of nitrogens with zero attached hydrogens (tertiary/aromatic N) is 2. The van der Waals surface area contributed by atoms with Crippen LogP contribution >= 0.6 is 11.3 Å². The van der Waals surface area contributed by atoms with Gasteiger partial charge in [-0.25, -0.2) is 9.78 Å². The third-order valence-electron chi connectivity index (χ3n) is 6.77. The molecule has 0 radical (unpaired) electrons. The number of rotatable bonds is 9. The smallest absolute Gasteiger partial charge is 0.410 e. The minimum Gasteiger partial charge on any atom is -0.469 e. The molecule has 0 aliphatic heterocycles. The SMILES string of the molecule is COC(=O)C12CC(NC(=O)c3csc([C@@H](C[C@H](C(C)C)N(C)C(=O)OC(C)(C)C)OC(C)=O)n3)(C1)C2. The van der Waals surface area contributed by atoms with Gasteiger partial charge in [0.1, 0.15) is 16.3 Å². The number of nitrogens with one attached hydrogen (secondary N) is 1. The minimum absolute atomic E-state index is 0.0368. The number of methoxy groups -OCH3 is 1. The van der Waals surface area contributed by atoms with Gasteiger partial charge in [0.15, 0.2) is 6.10 Å². The summed E-state index contributed by atoms with van der Waals surface area (Å²) in [5, 5.41) is 5.11. The highest BCUT2D eigenvalue weighted by atomic mass is 32.1. The average Bonchev–Trinajstić information content (AvgIpc) is 3.20. The summed E-state index contributed by atoms with van der Waals surface area (Å²) in [5.41, 5.74) is -1.26. The van der Waals surface area contributed by atoms with E-state index >= 15 is 0 Å². The molecule has 1 heterocycles. The van der Waals surface area contributed by atoms with E-state index in [1.807, 2.05) is 13.8 Å². The van der Waals surface area contributed by atoms with Crippen LogP contribution in [0.25, 0.3) is 0 Å². The largest absolute Gasteiger partial charge is 0.469 e. The molecule has 4 rings (SSSR count). The van der Waals surface area contributed by atoms with Gasteiger partial charge in [-0.05, 0) is 46.0 Å². The Morgan fingerprint density at radius 1 is 1.19 bits per heavy atom. The summed E-state index contributed by atoms with van der Waals surface area (Å²) in [4.78, 5) is 55.4. The van der Waals surface area contributed by atoms with Crippen LogP contribution in [0, 0.1) is 11.3 Å². The van der Waals surface area contributed by atoms with Crippen molar-refractivity contribution in [1.29, 1.82) is 0 Å². The van der Waals surface area contributed by atoms with Crippen molar-refractivity contribution in [1.82, 2.24) is 15.2 Å². The van der Waals surface area contributed by atoms with Crippen molar-refractivity contribution in [2.24, 2.45) is 11.3 Å². The number of esters is 2. The molecule has 3 fully saturated rings. The summed E-state index contributed by atoms with van der Waals surface area (Å²) < 4.78 is 16.0. The predicted molar refractivity (Wildman–Crippen MR) is 132 cm³/mol. The lowest BCUT2D eigenvalue weighted by atomic mass is 9.39. The first-order valence-corrected chi connectivity index (χ1v) is 13.0. The van der Waals surface area contributed by atoms with E-state index in [0.717, 1.165) is 0 Å².